The zero-order chi connectivity index (χ0) is 18.1. The summed E-state index contributed by atoms with van der Waals surface area (Å²) in [4.78, 5) is 28.9. The van der Waals surface area contributed by atoms with Gasteiger partial charge < -0.3 is 9.80 Å². The molecule has 0 unspecified atom stereocenters. The van der Waals surface area contributed by atoms with Crippen LogP contribution < -0.4 is 0 Å². The predicted octanol–water partition coefficient (Wildman–Crippen LogP) is 3.36. The van der Waals surface area contributed by atoms with Gasteiger partial charge in [0.2, 0.25) is 11.8 Å². The lowest BCUT2D eigenvalue weighted by Crippen LogP contribution is -2.52. The normalized spacial score (nSPS) is 24.8. The molecule has 0 aromatic heterocycles. The van der Waals surface area contributed by atoms with Gasteiger partial charge in [0.25, 0.3) is 0 Å². The monoisotopic (exact) mass is 354 g/mol. The molecule has 1 aromatic carbocycles. The highest BCUT2D eigenvalue weighted by atomic mass is 16.2. The molecule has 26 heavy (non-hydrogen) atoms. The molecule has 2 fully saturated rings. The van der Waals surface area contributed by atoms with E-state index in [0.717, 1.165) is 58.3 Å². The van der Waals surface area contributed by atoms with Gasteiger partial charge in [-0.1, -0.05) is 24.3 Å². The molecule has 2 amide bonds. The lowest BCUT2D eigenvalue weighted by atomic mass is 9.72. The van der Waals surface area contributed by atoms with Crippen molar-refractivity contribution >= 4 is 11.8 Å². The Hall–Kier alpha value is -1.84. The van der Waals surface area contributed by atoms with Gasteiger partial charge in [-0.05, 0) is 61.5 Å². The van der Waals surface area contributed by atoms with Gasteiger partial charge in [0.15, 0.2) is 0 Å². The number of benzene rings is 1. The Morgan fingerprint density at radius 2 is 1.92 bits per heavy atom. The van der Waals surface area contributed by atoms with Gasteiger partial charge in [0, 0.05) is 39.0 Å². The second kappa shape index (κ2) is 7.05. The van der Waals surface area contributed by atoms with Crippen LogP contribution in [-0.2, 0) is 16.0 Å². The molecule has 2 aliphatic heterocycles. The van der Waals surface area contributed by atoms with Gasteiger partial charge in [-0.15, -0.1) is 0 Å². The van der Waals surface area contributed by atoms with E-state index in [1.807, 2.05) is 4.90 Å². The molecule has 0 N–H and O–H groups in total. The van der Waals surface area contributed by atoms with Crippen LogP contribution in [0.3, 0.4) is 0 Å². The summed E-state index contributed by atoms with van der Waals surface area (Å²) in [5.41, 5.74) is 3.06. The fourth-order valence-corrected chi connectivity index (χ4v) is 5.23. The summed E-state index contributed by atoms with van der Waals surface area (Å²) < 4.78 is 0. The van der Waals surface area contributed by atoms with Crippen LogP contribution in [0.1, 0.15) is 62.5 Å². The number of nitrogens with zero attached hydrogens (tertiary/aromatic N) is 2. The zero-order valence-corrected chi connectivity index (χ0v) is 15.9. The molecule has 4 heteroatoms. The number of rotatable bonds is 3. The smallest absolute Gasteiger partial charge is 0.223 e. The Labute approximate surface area is 156 Å². The SMILES string of the molecule is CCN1CC2(CCC1=O)CCN(C(=O)C[C@@H]1CCc3ccccc31)CC2. The van der Waals surface area contributed by atoms with E-state index in [0.29, 0.717) is 30.6 Å². The largest absolute Gasteiger partial charge is 0.343 e. The quantitative estimate of drug-likeness (QED) is 0.835. The molecule has 1 spiro atoms. The van der Waals surface area contributed by atoms with E-state index in [2.05, 4.69) is 36.1 Å². The fraction of sp³-hybridized carbons (Fsp3) is 0.636. The van der Waals surface area contributed by atoms with Gasteiger partial charge in [0.1, 0.15) is 0 Å². The maximum atomic E-state index is 12.9. The van der Waals surface area contributed by atoms with Crippen LogP contribution in [0.5, 0.6) is 0 Å². The first-order valence-corrected chi connectivity index (χ1v) is 10.2. The molecule has 0 bridgehead atoms. The lowest BCUT2D eigenvalue weighted by molar-refractivity contribution is -0.142. The number of carbonyl (C=O) groups excluding carboxylic acids is 2. The Balaban J connectivity index is 1.34. The first-order chi connectivity index (χ1) is 12.6. The Kier molecular flexibility index (Phi) is 4.76. The molecule has 140 valence electrons. The molecule has 1 atom stereocenters. The molecule has 4 rings (SSSR count). The van der Waals surface area contributed by atoms with Crippen molar-refractivity contribution in [2.45, 2.75) is 57.8 Å². The average molecular weight is 354 g/mol. The van der Waals surface area contributed by atoms with Gasteiger partial charge in [-0.25, -0.2) is 0 Å². The third kappa shape index (κ3) is 3.26. The number of hydrogen-bond donors (Lipinski definition) is 0. The first kappa shape index (κ1) is 17.6. The summed E-state index contributed by atoms with van der Waals surface area (Å²) in [5.74, 6) is 1.02. The van der Waals surface area contributed by atoms with E-state index < -0.39 is 0 Å². The number of aryl methyl sites for hydroxylation is 1. The summed E-state index contributed by atoms with van der Waals surface area (Å²) in [6.45, 7) is 5.48. The van der Waals surface area contributed by atoms with Crippen molar-refractivity contribution in [2.75, 3.05) is 26.2 Å². The zero-order valence-electron chi connectivity index (χ0n) is 15.9. The van der Waals surface area contributed by atoms with Crippen LogP contribution in [0, 0.1) is 5.41 Å². The number of hydrogen-bond acceptors (Lipinski definition) is 2. The molecule has 2 heterocycles. The number of amides is 2. The Bertz CT molecular complexity index is 691. The molecule has 1 aliphatic carbocycles. The number of fused-ring (bicyclic) bond motifs is 1. The predicted molar refractivity (Wildman–Crippen MR) is 102 cm³/mol. The van der Waals surface area contributed by atoms with E-state index in [9.17, 15) is 9.59 Å². The lowest BCUT2D eigenvalue weighted by Gasteiger charge is -2.47. The molecule has 0 radical (unpaired) electrons. The standard InChI is InChI=1S/C22H30N2O2/c1-2-23-16-22(10-9-20(23)25)11-13-24(14-12-22)21(26)15-18-8-7-17-5-3-4-6-19(17)18/h3-6,18H,2,7-16H2,1H3/t18-/m0/s1. The van der Waals surface area contributed by atoms with E-state index >= 15 is 0 Å². The van der Waals surface area contributed by atoms with Crippen molar-refractivity contribution < 1.29 is 9.59 Å². The van der Waals surface area contributed by atoms with Crippen LogP contribution in [0.2, 0.25) is 0 Å². The highest BCUT2D eigenvalue weighted by molar-refractivity contribution is 5.78. The summed E-state index contributed by atoms with van der Waals surface area (Å²) in [6, 6.07) is 8.59. The third-order valence-electron chi connectivity index (χ3n) is 6.98. The van der Waals surface area contributed by atoms with Crippen molar-refractivity contribution in [2.24, 2.45) is 5.41 Å². The maximum absolute atomic E-state index is 12.9. The average Bonchev–Trinajstić information content (AvgIpc) is 3.07. The first-order valence-electron chi connectivity index (χ1n) is 10.2. The maximum Gasteiger partial charge on any atom is 0.223 e. The van der Waals surface area contributed by atoms with E-state index in [-0.39, 0.29) is 5.41 Å². The van der Waals surface area contributed by atoms with Crippen LogP contribution in [-0.4, -0.2) is 47.8 Å². The molecule has 3 aliphatic rings. The van der Waals surface area contributed by atoms with Crippen molar-refractivity contribution in [3.8, 4) is 0 Å². The summed E-state index contributed by atoms with van der Waals surface area (Å²) >= 11 is 0. The van der Waals surface area contributed by atoms with E-state index in [4.69, 9.17) is 0 Å². The van der Waals surface area contributed by atoms with Gasteiger partial charge in [0.05, 0.1) is 0 Å². The van der Waals surface area contributed by atoms with E-state index in [1.54, 1.807) is 0 Å². The van der Waals surface area contributed by atoms with Crippen LogP contribution >= 0.6 is 0 Å². The number of likely N-dealkylation sites (tertiary alicyclic amines) is 2. The second-order valence-corrected chi connectivity index (χ2v) is 8.43. The summed E-state index contributed by atoms with van der Waals surface area (Å²) in [6.07, 6.45) is 6.65. The van der Waals surface area contributed by atoms with E-state index in [1.165, 1.54) is 11.1 Å². The van der Waals surface area contributed by atoms with Crippen LogP contribution in [0.15, 0.2) is 24.3 Å². The Morgan fingerprint density at radius 1 is 1.15 bits per heavy atom. The molecular weight excluding hydrogens is 324 g/mol. The van der Waals surface area contributed by atoms with Gasteiger partial charge >= 0.3 is 0 Å². The Morgan fingerprint density at radius 3 is 2.69 bits per heavy atom. The number of carbonyl (C=O) groups is 2. The van der Waals surface area contributed by atoms with Crippen LogP contribution in [0.4, 0.5) is 0 Å². The summed E-state index contributed by atoms with van der Waals surface area (Å²) in [5, 5.41) is 0. The van der Waals surface area contributed by atoms with Crippen molar-refractivity contribution in [3.63, 3.8) is 0 Å². The van der Waals surface area contributed by atoms with Crippen molar-refractivity contribution in [3.05, 3.63) is 35.4 Å². The van der Waals surface area contributed by atoms with Gasteiger partial charge in [-0.2, -0.15) is 0 Å². The highest BCUT2D eigenvalue weighted by Crippen LogP contribution is 2.41. The minimum Gasteiger partial charge on any atom is -0.343 e. The number of piperidine rings is 2. The fourth-order valence-electron chi connectivity index (χ4n) is 5.23. The topological polar surface area (TPSA) is 40.6 Å². The minimum atomic E-state index is 0.251. The highest BCUT2D eigenvalue weighted by Gasteiger charge is 2.41. The molecule has 4 nitrogen and oxygen atoms in total. The third-order valence-corrected chi connectivity index (χ3v) is 6.98. The second-order valence-electron chi connectivity index (χ2n) is 8.43. The summed E-state index contributed by atoms with van der Waals surface area (Å²) in [7, 11) is 0. The molecule has 2 saturated heterocycles. The molecule has 1 aromatic rings. The minimum absolute atomic E-state index is 0.251. The van der Waals surface area contributed by atoms with Crippen LogP contribution in [0.25, 0.3) is 0 Å². The van der Waals surface area contributed by atoms with Gasteiger partial charge in [-0.3, -0.25) is 9.59 Å². The molecular formula is C22H30N2O2. The van der Waals surface area contributed by atoms with Crippen molar-refractivity contribution in [1.29, 1.82) is 0 Å². The molecule has 0 saturated carbocycles. The van der Waals surface area contributed by atoms with Crippen molar-refractivity contribution in [1.82, 2.24) is 9.80 Å².